The number of sulfone groups is 1. The molecule has 1 atom stereocenters. The Bertz CT molecular complexity index is 1050. The van der Waals surface area contributed by atoms with Gasteiger partial charge in [0.2, 0.25) is 0 Å². The number of hydrogen-bond donors (Lipinski definition) is 2. The Kier molecular flexibility index (Phi) is 6.25. The van der Waals surface area contributed by atoms with Crippen LogP contribution < -0.4 is 15.8 Å². The van der Waals surface area contributed by atoms with Gasteiger partial charge in [0.05, 0.1) is 7.11 Å². The number of amides is 1. The topological polar surface area (TPSA) is 115 Å². The molecule has 28 heavy (non-hydrogen) atoms. The molecule has 0 aliphatic heterocycles. The lowest BCUT2D eigenvalue weighted by atomic mass is 10.1. The minimum Gasteiger partial charge on any atom is -0.497 e. The maximum atomic E-state index is 14.6. The second-order valence-corrected chi connectivity index (χ2v) is 8.94. The first-order valence-corrected chi connectivity index (χ1v) is 10.1. The number of ether oxygens (including phenoxy) is 1. The molecule has 2 aromatic rings. The number of pyridine rings is 1. The highest BCUT2D eigenvalue weighted by Gasteiger charge is 2.43. The van der Waals surface area contributed by atoms with Gasteiger partial charge in [-0.2, -0.15) is 0 Å². The van der Waals surface area contributed by atoms with Crippen LogP contribution in [0.1, 0.15) is 13.3 Å². The van der Waals surface area contributed by atoms with Crippen molar-refractivity contribution in [2.45, 2.75) is 24.6 Å². The number of halogens is 1. The normalized spacial score (nSPS) is 13.6. The predicted molar refractivity (Wildman–Crippen MR) is 100 cm³/mol. The lowest BCUT2D eigenvalue weighted by molar-refractivity contribution is -0.131. The average molecular weight is 412 g/mol. The minimum absolute atomic E-state index is 0.0686. The van der Waals surface area contributed by atoms with E-state index in [1.54, 1.807) is 24.3 Å². The van der Waals surface area contributed by atoms with Gasteiger partial charge in [-0.05, 0) is 31.0 Å². The van der Waals surface area contributed by atoms with Gasteiger partial charge in [0.15, 0.2) is 14.6 Å². The fourth-order valence-corrected chi connectivity index (χ4v) is 3.50. The van der Waals surface area contributed by atoms with E-state index in [9.17, 15) is 22.4 Å². The molecule has 1 amide bonds. The minimum atomic E-state index is -3.92. The second-order valence-electron chi connectivity index (χ2n) is 6.49. The SMILES string of the molecule is COc1cccc(-c2cc(=O)n(CCC(C)(C(=O)NO)S(C)(=O)=O)cc2F)c1. The fourth-order valence-electron chi connectivity index (χ4n) is 2.65. The molecule has 10 heteroatoms. The molecule has 0 bridgehead atoms. The summed E-state index contributed by atoms with van der Waals surface area (Å²) in [6.45, 7) is 0.880. The van der Waals surface area contributed by atoms with E-state index in [1.165, 1.54) is 12.6 Å². The van der Waals surface area contributed by atoms with Crippen molar-refractivity contribution in [3.8, 4) is 16.9 Å². The molecule has 1 unspecified atom stereocenters. The Morgan fingerprint density at radius 2 is 2.04 bits per heavy atom. The first-order valence-electron chi connectivity index (χ1n) is 8.22. The van der Waals surface area contributed by atoms with Crippen molar-refractivity contribution in [3.63, 3.8) is 0 Å². The molecule has 0 saturated heterocycles. The van der Waals surface area contributed by atoms with Gasteiger partial charge in [0.1, 0.15) is 11.6 Å². The third kappa shape index (κ3) is 4.23. The predicted octanol–water partition coefficient (Wildman–Crippen LogP) is 1.36. The molecular formula is C18H21FN2O6S. The summed E-state index contributed by atoms with van der Waals surface area (Å²) in [5, 5.41) is 8.83. The number of nitrogens with one attached hydrogen (secondary N) is 1. The number of aryl methyl sites for hydroxylation is 1. The summed E-state index contributed by atoms with van der Waals surface area (Å²) in [5.74, 6) is -1.32. The largest absolute Gasteiger partial charge is 0.497 e. The van der Waals surface area contributed by atoms with E-state index >= 15 is 0 Å². The molecule has 0 saturated carbocycles. The van der Waals surface area contributed by atoms with Crippen LogP contribution in [0.5, 0.6) is 5.75 Å². The van der Waals surface area contributed by atoms with Crippen LogP contribution in [0.4, 0.5) is 4.39 Å². The maximum absolute atomic E-state index is 14.6. The van der Waals surface area contributed by atoms with Crippen LogP contribution in [-0.4, -0.2) is 42.2 Å². The van der Waals surface area contributed by atoms with Crippen LogP contribution in [-0.2, 0) is 21.2 Å². The molecule has 152 valence electrons. The molecule has 0 aliphatic carbocycles. The number of rotatable bonds is 7. The van der Waals surface area contributed by atoms with Crippen LogP contribution in [0.15, 0.2) is 41.3 Å². The second kappa shape index (κ2) is 8.11. The molecule has 8 nitrogen and oxygen atoms in total. The first kappa shape index (κ1) is 21.6. The van der Waals surface area contributed by atoms with Crippen molar-refractivity contribution in [2.24, 2.45) is 0 Å². The Labute approximate surface area is 161 Å². The summed E-state index contributed by atoms with van der Waals surface area (Å²) >= 11 is 0. The maximum Gasteiger partial charge on any atom is 0.264 e. The standard InChI is InChI=1S/C18H21FN2O6S/c1-18(17(23)20-24,28(3,25)26)7-8-21-11-15(19)14(10-16(21)22)12-5-4-6-13(9-12)27-2/h4-6,9-11,24H,7-8H2,1-3H3,(H,20,23). The van der Waals surface area contributed by atoms with Crippen LogP contribution in [0.2, 0.25) is 0 Å². The van der Waals surface area contributed by atoms with E-state index in [0.29, 0.717) is 11.3 Å². The lowest BCUT2D eigenvalue weighted by Gasteiger charge is -2.25. The highest BCUT2D eigenvalue weighted by molar-refractivity contribution is 7.92. The zero-order chi connectivity index (χ0) is 21.1. The van der Waals surface area contributed by atoms with Gasteiger partial charge >= 0.3 is 0 Å². The molecule has 1 aromatic heterocycles. The molecule has 2 rings (SSSR count). The first-order chi connectivity index (χ1) is 13.0. The van der Waals surface area contributed by atoms with Crippen LogP contribution in [0.3, 0.4) is 0 Å². The number of carbonyl (C=O) groups is 1. The Hall–Kier alpha value is -2.72. The number of nitrogens with zero attached hydrogens (tertiary/aromatic N) is 1. The summed E-state index contributed by atoms with van der Waals surface area (Å²) in [4.78, 5) is 24.2. The molecule has 0 aliphatic rings. The van der Waals surface area contributed by atoms with E-state index < -0.39 is 31.9 Å². The number of aromatic nitrogens is 1. The number of hydroxylamine groups is 1. The van der Waals surface area contributed by atoms with E-state index in [1.807, 2.05) is 0 Å². The van der Waals surface area contributed by atoms with Crippen molar-refractivity contribution in [2.75, 3.05) is 13.4 Å². The summed E-state index contributed by atoms with van der Waals surface area (Å²) in [7, 11) is -2.46. The van der Waals surface area contributed by atoms with E-state index in [4.69, 9.17) is 9.94 Å². The smallest absolute Gasteiger partial charge is 0.264 e. The van der Waals surface area contributed by atoms with E-state index in [-0.39, 0.29) is 18.5 Å². The van der Waals surface area contributed by atoms with Crippen molar-refractivity contribution >= 4 is 15.7 Å². The zero-order valence-electron chi connectivity index (χ0n) is 15.6. The quantitative estimate of drug-likeness (QED) is 0.524. The van der Waals surface area contributed by atoms with Crippen molar-refractivity contribution in [3.05, 3.63) is 52.7 Å². The summed E-state index contributed by atoms with van der Waals surface area (Å²) in [6.07, 6.45) is 1.46. The highest BCUT2D eigenvalue weighted by Crippen LogP contribution is 2.26. The van der Waals surface area contributed by atoms with Gasteiger partial charge in [-0.3, -0.25) is 14.8 Å². The van der Waals surface area contributed by atoms with Gasteiger partial charge in [-0.1, -0.05) is 12.1 Å². The van der Waals surface area contributed by atoms with Crippen molar-refractivity contribution < 1.29 is 27.5 Å². The number of benzene rings is 1. The van der Waals surface area contributed by atoms with Gasteiger partial charge < -0.3 is 9.30 Å². The van der Waals surface area contributed by atoms with Gasteiger partial charge in [-0.25, -0.2) is 18.3 Å². The third-order valence-electron chi connectivity index (χ3n) is 4.69. The third-order valence-corrected chi connectivity index (χ3v) is 6.71. The highest BCUT2D eigenvalue weighted by atomic mass is 32.2. The number of methoxy groups -OCH3 is 1. The number of hydrogen-bond acceptors (Lipinski definition) is 6. The molecule has 0 spiro atoms. The molecule has 0 radical (unpaired) electrons. The lowest BCUT2D eigenvalue weighted by Crippen LogP contribution is -2.50. The summed E-state index contributed by atoms with van der Waals surface area (Å²) < 4.78 is 42.6. The van der Waals surface area contributed by atoms with Gasteiger partial charge in [-0.15, -0.1) is 0 Å². The molecule has 1 heterocycles. The van der Waals surface area contributed by atoms with Crippen LogP contribution >= 0.6 is 0 Å². The Morgan fingerprint density at radius 3 is 2.61 bits per heavy atom. The van der Waals surface area contributed by atoms with Crippen LogP contribution in [0, 0.1) is 5.82 Å². The Morgan fingerprint density at radius 1 is 1.36 bits per heavy atom. The molecule has 0 fully saturated rings. The number of carbonyl (C=O) groups excluding carboxylic acids is 1. The van der Waals surface area contributed by atoms with Gasteiger partial charge in [0, 0.05) is 30.6 Å². The zero-order valence-corrected chi connectivity index (χ0v) is 16.4. The molecule has 1 aromatic carbocycles. The average Bonchev–Trinajstić information content (AvgIpc) is 2.66. The molecule has 2 N–H and O–H groups in total. The summed E-state index contributed by atoms with van der Waals surface area (Å²) in [5.41, 5.74) is 1.27. The monoisotopic (exact) mass is 412 g/mol. The fraction of sp³-hybridized carbons (Fsp3) is 0.333. The molecular weight excluding hydrogens is 391 g/mol. The van der Waals surface area contributed by atoms with E-state index in [2.05, 4.69) is 0 Å². The van der Waals surface area contributed by atoms with Gasteiger partial charge in [0.25, 0.3) is 11.5 Å². The van der Waals surface area contributed by atoms with E-state index in [0.717, 1.165) is 30.0 Å². The van der Waals surface area contributed by atoms with Crippen molar-refractivity contribution in [1.82, 2.24) is 10.0 Å². The van der Waals surface area contributed by atoms with Crippen molar-refractivity contribution in [1.29, 1.82) is 0 Å². The Balaban J connectivity index is 2.37. The summed E-state index contributed by atoms with van der Waals surface area (Å²) in [6, 6.07) is 7.63. The van der Waals surface area contributed by atoms with Crippen LogP contribution in [0.25, 0.3) is 11.1 Å².